The molecular weight excluding hydrogens is 564 g/mol. The molecule has 3 aromatic rings. The fourth-order valence-corrected chi connectivity index (χ4v) is 6.12. The summed E-state index contributed by atoms with van der Waals surface area (Å²) in [6.45, 7) is 3.28. The lowest BCUT2D eigenvalue weighted by molar-refractivity contribution is -0.138. The summed E-state index contributed by atoms with van der Waals surface area (Å²) in [6.07, 6.45) is -5.16. The molecule has 2 atom stereocenters. The number of nitrogens with zero attached hydrogens (tertiary/aromatic N) is 4. The van der Waals surface area contributed by atoms with Crippen LogP contribution in [-0.2, 0) is 11.0 Å². The van der Waals surface area contributed by atoms with Gasteiger partial charge in [-0.05, 0) is 37.3 Å². The van der Waals surface area contributed by atoms with Gasteiger partial charge < -0.3 is 29.3 Å². The summed E-state index contributed by atoms with van der Waals surface area (Å²) in [4.78, 5) is 22.1. The minimum absolute atomic E-state index is 0.00122. The van der Waals surface area contributed by atoms with E-state index in [2.05, 4.69) is 9.89 Å². The number of thiophene rings is 1. The molecule has 13 heteroatoms. The lowest BCUT2D eigenvalue weighted by Crippen LogP contribution is -2.58. The molecule has 2 aliphatic heterocycles. The van der Waals surface area contributed by atoms with Crippen LogP contribution in [0.2, 0.25) is 0 Å². The number of hydrogen-bond donors (Lipinski definition) is 1. The third-order valence-corrected chi connectivity index (χ3v) is 8.05. The molecule has 0 saturated carbocycles. The number of fused-ring (bicyclic) bond motifs is 1. The smallest absolute Gasteiger partial charge is 0.416 e. The zero-order valence-corrected chi connectivity index (χ0v) is 23.3. The summed E-state index contributed by atoms with van der Waals surface area (Å²) < 4.78 is 67.2. The van der Waals surface area contributed by atoms with Gasteiger partial charge in [-0.1, -0.05) is 6.07 Å². The van der Waals surface area contributed by atoms with Crippen LogP contribution >= 0.6 is 11.3 Å². The number of methoxy groups -OCH3 is 2. The van der Waals surface area contributed by atoms with Crippen LogP contribution in [0.15, 0.2) is 52.8 Å². The zero-order chi connectivity index (χ0) is 29.5. The summed E-state index contributed by atoms with van der Waals surface area (Å²) in [6, 6.07) is 9.51. The highest BCUT2D eigenvalue weighted by atomic mass is 32.1. The maximum Gasteiger partial charge on any atom is 0.416 e. The first-order chi connectivity index (χ1) is 19.5. The van der Waals surface area contributed by atoms with Gasteiger partial charge in [-0.2, -0.15) is 17.6 Å². The van der Waals surface area contributed by atoms with E-state index in [1.807, 2.05) is 36.1 Å². The maximum atomic E-state index is 14.9. The first kappa shape index (κ1) is 28.5. The lowest BCUT2D eigenvalue weighted by Gasteiger charge is -2.47. The molecule has 0 spiro atoms. The fraction of sp³-hybridized carbons (Fsp3) is 0.357. The Kier molecular flexibility index (Phi) is 7.73. The number of aliphatic carboxylic acids is 1. The van der Waals surface area contributed by atoms with Gasteiger partial charge in [0, 0.05) is 48.4 Å². The fourth-order valence-electron chi connectivity index (χ4n) is 5.35. The molecule has 0 amide bonds. The molecule has 0 unspecified atom stereocenters. The Balaban J connectivity index is 1.60. The van der Waals surface area contributed by atoms with E-state index in [-0.39, 0.29) is 29.1 Å². The van der Waals surface area contributed by atoms with Gasteiger partial charge in [0.25, 0.3) is 0 Å². The molecule has 0 radical (unpaired) electrons. The van der Waals surface area contributed by atoms with Crippen molar-refractivity contribution >= 4 is 40.3 Å². The second-order valence-electron chi connectivity index (χ2n) is 9.78. The molecule has 1 aromatic heterocycles. The van der Waals surface area contributed by atoms with Crippen LogP contribution in [0, 0.1) is 5.13 Å². The summed E-state index contributed by atoms with van der Waals surface area (Å²) in [7, 11) is 2.91. The Bertz CT molecular complexity index is 1480. The highest BCUT2D eigenvalue weighted by Crippen LogP contribution is 2.47. The zero-order valence-electron chi connectivity index (χ0n) is 22.5. The van der Waals surface area contributed by atoms with E-state index in [9.17, 15) is 27.5 Å². The van der Waals surface area contributed by atoms with Gasteiger partial charge in [-0.25, -0.2) is 4.99 Å². The van der Waals surface area contributed by atoms with Crippen molar-refractivity contribution in [2.24, 2.45) is 4.99 Å². The Labute approximate surface area is 238 Å². The number of rotatable bonds is 6. The van der Waals surface area contributed by atoms with Crippen molar-refractivity contribution in [3.05, 3.63) is 64.1 Å². The number of carbonyl (C=O) groups is 1. The van der Waals surface area contributed by atoms with Crippen molar-refractivity contribution in [1.29, 1.82) is 0 Å². The summed E-state index contributed by atoms with van der Waals surface area (Å²) >= 11 is 0.773. The molecule has 218 valence electrons. The summed E-state index contributed by atoms with van der Waals surface area (Å²) in [5, 5.41) is 10.7. The predicted molar refractivity (Wildman–Crippen MR) is 148 cm³/mol. The van der Waals surface area contributed by atoms with Crippen molar-refractivity contribution in [3.8, 4) is 11.5 Å². The van der Waals surface area contributed by atoms with Crippen molar-refractivity contribution in [3.63, 3.8) is 0 Å². The third-order valence-electron chi connectivity index (χ3n) is 7.28. The molecule has 8 nitrogen and oxygen atoms in total. The second kappa shape index (κ2) is 11.1. The minimum atomic E-state index is -4.66. The number of carboxylic acid groups (broad SMARTS) is 1. The van der Waals surface area contributed by atoms with Crippen LogP contribution in [0.4, 0.5) is 34.6 Å². The molecule has 3 heterocycles. The van der Waals surface area contributed by atoms with Gasteiger partial charge in [0.05, 0.1) is 37.9 Å². The van der Waals surface area contributed by atoms with E-state index < -0.39 is 35.3 Å². The molecule has 2 aliphatic rings. The third kappa shape index (κ3) is 5.50. The molecular formula is C28H28F4N4O4S. The predicted octanol–water partition coefficient (Wildman–Crippen LogP) is 6.16. The number of aliphatic imine (C=N–C) groups is 1. The standard InChI is InChI=1S/C28H28F4N4O4S/c1-16-14-34(9-10-35(16)18-5-4-6-19(12-18)39-2)27-33-25-20(15-41-26(25)29)21(13-24(37)38)36(27)22-11-17(28(30,31)32)7-8-23(22)40-3/h4-8,11-12,15-16,21H,9-10,13-14H2,1-3H3,(H,37,38)/t16-,21-/m1/s1. The normalized spacial score (nSPS) is 19.1. The first-order valence-electron chi connectivity index (χ1n) is 12.8. The van der Waals surface area contributed by atoms with Crippen LogP contribution in [-0.4, -0.2) is 61.8 Å². The molecule has 1 N–H and O–H groups in total. The van der Waals surface area contributed by atoms with Crippen LogP contribution in [0.3, 0.4) is 0 Å². The molecule has 5 rings (SSSR count). The maximum absolute atomic E-state index is 14.9. The topological polar surface area (TPSA) is 77.8 Å². The Hall–Kier alpha value is -4.00. The number of carboxylic acids is 1. The van der Waals surface area contributed by atoms with Crippen molar-refractivity contribution in [2.45, 2.75) is 31.6 Å². The van der Waals surface area contributed by atoms with Crippen LogP contribution in [0.1, 0.15) is 30.5 Å². The van der Waals surface area contributed by atoms with Gasteiger partial charge in [0.1, 0.15) is 17.2 Å². The van der Waals surface area contributed by atoms with Crippen LogP contribution in [0.5, 0.6) is 11.5 Å². The van der Waals surface area contributed by atoms with E-state index >= 15 is 0 Å². The number of piperazine rings is 1. The van der Waals surface area contributed by atoms with E-state index in [0.29, 0.717) is 30.9 Å². The average Bonchev–Trinajstić information content (AvgIpc) is 3.32. The number of benzene rings is 2. The van der Waals surface area contributed by atoms with E-state index in [4.69, 9.17) is 9.47 Å². The first-order valence-corrected chi connectivity index (χ1v) is 13.7. The quantitative estimate of drug-likeness (QED) is 0.344. The highest BCUT2D eigenvalue weighted by molar-refractivity contribution is 7.08. The second-order valence-corrected chi connectivity index (χ2v) is 10.6. The lowest BCUT2D eigenvalue weighted by atomic mass is 10.00. The highest BCUT2D eigenvalue weighted by Gasteiger charge is 2.41. The van der Waals surface area contributed by atoms with Gasteiger partial charge >= 0.3 is 12.1 Å². The summed E-state index contributed by atoms with van der Waals surface area (Å²) in [5.74, 6) is -0.228. The van der Waals surface area contributed by atoms with Gasteiger partial charge in [0.2, 0.25) is 11.1 Å². The van der Waals surface area contributed by atoms with E-state index in [0.717, 1.165) is 29.2 Å². The Morgan fingerprint density at radius 1 is 1.15 bits per heavy atom. The minimum Gasteiger partial charge on any atom is -0.497 e. The largest absolute Gasteiger partial charge is 0.497 e. The van der Waals surface area contributed by atoms with Crippen LogP contribution < -0.4 is 19.3 Å². The number of halogens is 4. The molecule has 1 fully saturated rings. The van der Waals surface area contributed by atoms with Crippen molar-refractivity contribution < 1.29 is 36.9 Å². The van der Waals surface area contributed by atoms with Crippen molar-refractivity contribution in [2.75, 3.05) is 43.7 Å². The van der Waals surface area contributed by atoms with Crippen molar-refractivity contribution in [1.82, 2.24) is 4.90 Å². The molecule has 0 aliphatic carbocycles. The molecule has 0 bridgehead atoms. The van der Waals surface area contributed by atoms with Crippen LogP contribution in [0.25, 0.3) is 0 Å². The summed E-state index contributed by atoms with van der Waals surface area (Å²) in [5.41, 5.74) is 0.295. The Morgan fingerprint density at radius 2 is 1.93 bits per heavy atom. The molecule has 41 heavy (non-hydrogen) atoms. The number of alkyl halides is 3. The average molecular weight is 593 g/mol. The van der Waals surface area contributed by atoms with Gasteiger partial charge in [0.15, 0.2) is 0 Å². The SMILES string of the molecule is COc1cccc(N2CCN(C3=Nc4c(csc4F)[C@@H](CC(=O)O)N3c3cc(C(F)(F)F)ccc3OC)C[C@H]2C)c1. The number of ether oxygens (including phenoxy) is 2. The number of anilines is 2. The molecule has 2 aromatic carbocycles. The Morgan fingerprint density at radius 3 is 2.59 bits per heavy atom. The monoisotopic (exact) mass is 592 g/mol. The van der Waals surface area contributed by atoms with E-state index in [1.54, 1.807) is 7.11 Å². The number of hydrogen-bond acceptors (Lipinski definition) is 8. The number of guanidine groups is 1. The van der Waals surface area contributed by atoms with Gasteiger partial charge in [-0.3, -0.25) is 4.79 Å². The molecule has 1 saturated heterocycles. The van der Waals surface area contributed by atoms with Gasteiger partial charge in [-0.15, -0.1) is 11.3 Å². The van der Waals surface area contributed by atoms with E-state index in [1.165, 1.54) is 23.5 Å².